The third-order valence-electron chi connectivity index (χ3n) is 3.08. The Bertz CT molecular complexity index is 352. The lowest BCUT2D eigenvalue weighted by Crippen LogP contribution is -2.27. The van der Waals surface area contributed by atoms with Gasteiger partial charge in [-0.05, 0) is 18.5 Å². The Hall–Kier alpha value is -0.513. The number of hydrogen-bond acceptors (Lipinski definition) is 2. The van der Waals surface area contributed by atoms with Crippen molar-refractivity contribution in [2.24, 2.45) is 0 Å². The van der Waals surface area contributed by atoms with E-state index in [2.05, 4.69) is 59.1 Å². The number of benzene rings is 1. The molecule has 0 amide bonds. The van der Waals surface area contributed by atoms with E-state index in [0.29, 0.717) is 5.37 Å². The molecule has 1 aromatic carbocycles. The lowest BCUT2D eigenvalue weighted by atomic mass is 10.2. The van der Waals surface area contributed by atoms with Crippen LogP contribution in [0.1, 0.15) is 12.0 Å². The van der Waals surface area contributed by atoms with Gasteiger partial charge in [-0.2, -0.15) is 0 Å². The zero-order chi connectivity index (χ0) is 11.9. The van der Waals surface area contributed by atoms with Crippen molar-refractivity contribution in [2.75, 3.05) is 18.8 Å². The van der Waals surface area contributed by atoms with Crippen LogP contribution in [-0.2, 0) is 0 Å². The molecule has 1 nitrogen and oxygen atoms in total. The van der Waals surface area contributed by atoms with Gasteiger partial charge in [0.25, 0.3) is 0 Å². The highest BCUT2D eigenvalue weighted by Crippen LogP contribution is 2.25. The minimum Gasteiger partial charge on any atom is -0.287 e. The van der Waals surface area contributed by atoms with E-state index in [1.54, 1.807) is 0 Å². The average molecular weight is 263 g/mol. The summed E-state index contributed by atoms with van der Waals surface area (Å²) in [5.74, 6) is 1.28. The van der Waals surface area contributed by atoms with Gasteiger partial charge < -0.3 is 0 Å². The Morgan fingerprint density at radius 2 is 2.18 bits per heavy atom. The number of nitrogens with zero attached hydrogens (tertiary/aromatic N) is 1. The maximum Gasteiger partial charge on any atom is 0.0748 e. The Morgan fingerprint density at radius 1 is 1.35 bits per heavy atom. The van der Waals surface area contributed by atoms with Gasteiger partial charge in [0.05, 0.1) is 5.37 Å². The molecule has 0 radical (unpaired) electrons. The van der Waals surface area contributed by atoms with E-state index in [4.69, 9.17) is 0 Å². The molecule has 2 rings (SSSR count). The number of hydrogen-bond donors (Lipinski definition) is 0. The van der Waals surface area contributed by atoms with Gasteiger partial charge in [0.2, 0.25) is 0 Å². The van der Waals surface area contributed by atoms with Crippen molar-refractivity contribution in [3.63, 3.8) is 0 Å². The van der Waals surface area contributed by atoms with Crippen LogP contribution in [-0.4, -0.2) is 39.4 Å². The Morgan fingerprint density at radius 3 is 2.94 bits per heavy atom. The van der Waals surface area contributed by atoms with Crippen molar-refractivity contribution >= 4 is 28.1 Å². The standard InChI is InChI=1S/C14H21NSSi/c17-12-4-9-15-10-11-16-14(15)8-7-13-5-2-1-3-6-13/h1-3,5-8,14H,4,9-12H2,17H3/b8-7+. The summed E-state index contributed by atoms with van der Waals surface area (Å²) in [7, 11) is 1.34. The molecule has 1 fully saturated rings. The second kappa shape index (κ2) is 7.04. The summed E-state index contributed by atoms with van der Waals surface area (Å²) in [6.07, 6.45) is 6.00. The fourth-order valence-electron chi connectivity index (χ4n) is 2.06. The van der Waals surface area contributed by atoms with Gasteiger partial charge in [0.1, 0.15) is 0 Å². The number of thioether (sulfide) groups is 1. The third-order valence-corrected chi connectivity index (χ3v) is 5.00. The predicted molar refractivity (Wildman–Crippen MR) is 82.7 cm³/mol. The molecule has 3 heteroatoms. The normalized spacial score (nSPS) is 21.5. The lowest BCUT2D eigenvalue weighted by Gasteiger charge is -2.20. The highest BCUT2D eigenvalue weighted by atomic mass is 32.2. The maximum absolute atomic E-state index is 2.61. The van der Waals surface area contributed by atoms with Gasteiger partial charge in [0, 0.05) is 22.5 Å². The van der Waals surface area contributed by atoms with E-state index in [9.17, 15) is 0 Å². The van der Waals surface area contributed by atoms with Crippen molar-refractivity contribution in [1.29, 1.82) is 0 Å². The van der Waals surface area contributed by atoms with Crippen LogP contribution in [0.5, 0.6) is 0 Å². The molecule has 0 aromatic heterocycles. The average Bonchev–Trinajstić information content (AvgIpc) is 2.82. The molecule has 17 heavy (non-hydrogen) atoms. The Labute approximate surface area is 112 Å². The topological polar surface area (TPSA) is 3.24 Å². The zero-order valence-corrected chi connectivity index (χ0v) is 13.3. The molecule has 1 aromatic rings. The molecule has 92 valence electrons. The van der Waals surface area contributed by atoms with Gasteiger partial charge >= 0.3 is 0 Å². The minimum atomic E-state index is 0.600. The first-order chi connectivity index (χ1) is 8.40. The van der Waals surface area contributed by atoms with E-state index in [1.807, 2.05) is 0 Å². The molecule has 0 aliphatic carbocycles. The largest absolute Gasteiger partial charge is 0.287 e. The molecule has 0 N–H and O–H groups in total. The SMILES string of the molecule is [SiH3]CCCN1CCSC1/C=C/c1ccccc1. The van der Waals surface area contributed by atoms with Crippen LogP contribution in [0.2, 0.25) is 6.04 Å². The molecule has 1 unspecified atom stereocenters. The molecule has 1 aliphatic heterocycles. The molecule has 1 heterocycles. The lowest BCUT2D eigenvalue weighted by molar-refractivity contribution is 0.317. The number of rotatable bonds is 5. The van der Waals surface area contributed by atoms with Crippen LogP contribution in [0, 0.1) is 0 Å². The van der Waals surface area contributed by atoms with E-state index in [-0.39, 0.29) is 0 Å². The smallest absolute Gasteiger partial charge is 0.0748 e. The van der Waals surface area contributed by atoms with Crippen molar-refractivity contribution in [3.8, 4) is 0 Å². The summed E-state index contributed by atoms with van der Waals surface area (Å²) < 4.78 is 0. The maximum atomic E-state index is 2.61. The molecule has 1 saturated heterocycles. The van der Waals surface area contributed by atoms with E-state index in [0.717, 1.165) is 0 Å². The highest BCUT2D eigenvalue weighted by molar-refractivity contribution is 8.00. The summed E-state index contributed by atoms with van der Waals surface area (Å²) in [5, 5.41) is 0.600. The van der Waals surface area contributed by atoms with Gasteiger partial charge in [-0.15, -0.1) is 11.8 Å². The summed E-state index contributed by atoms with van der Waals surface area (Å²) in [4.78, 5) is 2.61. The Balaban J connectivity index is 1.91. The first kappa shape index (κ1) is 12.9. The van der Waals surface area contributed by atoms with E-state index < -0.39 is 0 Å². The second-order valence-corrected chi connectivity index (χ2v) is 6.65. The Kier molecular flexibility index (Phi) is 5.36. The second-order valence-electron chi connectivity index (χ2n) is 4.42. The quantitative estimate of drug-likeness (QED) is 0.750. The molecule has 1 atom stereocenters. The van der Waals surface area contributed by atoms with Crippen LogP contribution < -0.4 is 0 Å². The molecule has 0 bridgehead atoms. The van der Waals surface area contributed by atoms with Crippen LogP contribution in [0.25, 0.3) is 6.08 Å². The summed E-state index contributed by atoms with van der Waals surface area (Å²) >= 11 is 2.07. The molecular formula is C14H21NSSi. The minimum absolute atomic E-state index is 0.600. The van der Waals surface area contributed by atoms with Gasteiger partial charge in [-0.25, -0.2) is 0 Å². The van der Waals surface area contributed by atoms with Crippen molar-refractivity contribution in [2.45, 2.75) is 17.8 Å². The van der Waals surface area contributed by atoms with Crippen LogP contribution in [0.4, 0.5) is 0 Å². The molecule has 0 saturated carbocycles. The summed E-state index contributed by atoms with van der Waals surface area (Å²) in [6, 6.07) is 12.0. The van der Waals surface area contributed by atoms with Crippen LogP contribution in [0.15, 0.2) is 36.4 Å². The van der Waals surface area contributed by atoms with Crippen molar-refractivity contribution in [1.82, 2.24) is 4.90 Å². The van der Waals surface area contributed by atoms with Crippen molar-refractivity contribution in [3.05, 3.63) is 42.0 Å². The van der Waals surface area contributed by atoms with Gasteiger partial charge in [-0.3, -0.25) is 4.90 Å². The third kappa shape index (κ3) is 4.02. The van der Waals surface area contributed by atoms with E-state index in [1.165, 1.54) is 47.1 Å². The first-order valence-electron chi connectivity index (χ1n) is 6.49. The van der Waals surface area contributed by atoms with Gasteiger partial charge in [0.15, 0.2) is 0 Å². The predicted octanol–water partition coefficient (Wildman–Crippen LogP) is 2.25. The fourth-order valence-corrected chi connectivity index (χ4v) is 3.57. The summed E-state index contributed by atoms with van der Waals surface area (Å²) in [5.41, 5.74) is 1.31. The highest BCUT2D eigenvalue weighted by Gasteiger charge is 2.21. The zero-order valence-electron chi connectivity index (χ0n) is 10.5. The van der Waals surface area contributed by atoms with Crippen molar-refractivity contribution < 1.29 is 0 Å². The first-order valence-corrected chi connectivity index (χ1v) is 8.95. The summed E-state index contributed by atoms with van der Waals surface area (Å²) in [6.45, 7) is 2.54. The van der Waals surface area contributed by atoms with E-state index >= 15 is 0 Å². The van der Waals surface area contributed by atoms with Crippen LogP contribution in [0.3, 0.4) is 0 Å². The molecular weight excluding hydrogens is 242 g/mol. The monoisotopic (exact) mass is 263 g/mol. The van der Waals surface area contributed by atoms with Crippen LogP contribution >= 0.6 is 11.8 Å². The van der Waals surface area contributed by atoms with Gasteiger partial charge in [-0.1, -0.05) is 48.5 Å². The molecule has 1 aliphatic rings. The fraction of sp³-hybridized carbons (Fsp3) is 0.429. The molecule has 0 spiro atoms.